The Hall–Kier alpha value is -2.09. The summed E-state index contributed by atoms with van der Waals surface area (Å²) in [6.45, 7) is 1.36. The SMILES string of the molecule is CC(=NO)c1ccc(F)cc1OCC#N. The normalized spacial score (nSPS) is 10.9. The second-order valence-corrected chi connectivity index (χ2v) is 2.77. The van der Waals surface area contributed by atoms with E-state index >= 15 is 0 Å². The number of hydrogen-bond acceptors (Lipinski definition) is 4. The van der Waals surface area contributed by atoms with Gasteiger partial charge in [-0.05, 0) is 19.1 Å². The van der Waals surface area contributed by atoms with Crippen molar-refractivity contribution in [3.8, 4) is 11.8 Å². The van der Waals surface area contributed by atoms with E-state index in [9.17, 15) is 4.39 Å². The van der Waals surface area contributed by atoms with Crippen molar-refractivity contribution in [2.24, 2.45) is 5.16 Å². The van der Waals surface area contributed by atoms with Crippen LogP contribution in [0.5, 0.6) is 5.75 Å². The van der Waals surface area contributed by atoms with Crippen LogP contribution in [0.4, 0.5) is 4.39 Å². The summed E-state index contributed by atoms with van der Waals surface area (Å²) in [6.07, 6.45) is 0. The van der Waals surface area contributed by atoms with Gasteiger partial charge in [0.15, 0.2) is 6.61 Å². The lowest BCUT2D eigenvalue weighted by atomic mass is 10.1. The highest BCUT2D eigenvalue weighted by Crippen LogP contribution is 2.20. The first kappa shape index (κ1) is 11.0. The van der Waals surface area contributed by atoms with Crippen molar-refractivity contribution in [2.75, 3.05) is 6.61 Å². The van der Waals surface area contributed by atoms with E-state index in [0.29, 0.717) is 11.3 Å². The molecule has 5 heteroatoms. The molecular weight excluding hydrogens is 199 g/mol. The molecular formula is C10H9FN2O2. The van der Waals surface area contributed by atoms with Gasteiger partial charge in [0.05, 0.1) is 5.71 Å². The van der Waals surface area contributed by atoms with E-state index in [4.69, 9.17) is 15.2 Å². The number of nitriles is 1. The van der Waals surface area contributed by atoms with E-state index in [-0.39, 0.29) is 12.4 Å². The van der Waals surface area contributed by atoms with E-state index in [2.05, 4.69) is 5.16 Å². The minimum absolute atomic E-state index is 0.185. The fourth-order valence-electron chi connectivity index (χ4n) is 1.08. The molecule has 0 radical (unpaired) electrons. The molecule has 0 atom stereocenters. The van der Waals surface area contributed by atoms with Gasteiger partial charge in [-0.3, -0.25) is 0 Å². The number of hydrogen-bond donors (Lipinski definition) is 1. The van der Waals surface area contributed by atoms with Gasteiger partial charge >= 0.3 is 0 Å². The standard InChI is InChI=1S/C10H9FN2O2/c1-7(13-14)9-3-2-8(11)6-10(9)15-5-4-12/h2-3,6,14H,5H2,1H3. The summed E-state index contributed by atoms with van der Waals surface area (Å²) < 4.78 is 17.9. The lowest BCUT2D eigenvalue weighted by Crippen LogP contribution is -2.02. The molecule has 1 aromatic carbocycles. The summed E-state index contributed by atoms with van der Waals surface area (Å²) in [7, 11) is 0. The Morgan fingerprint density at radius 2 is 2.40 bits per heavy atom. The molecule has 0 aliphatic heterocycles. The Kier molecular flexibility index (Phi) is 3.63. The molecule has 1 rings (SSSR count). The third kappa shape index (κ3) is 2.68. The smallest absolute Gasteiger partial charge is 0.174 e. The van der Waals surface area contributed by atoms with Crippen LogP contribution < -0.4 is 4.74 Å². The highest BCUT2D eigenvalue weighted by molar-refractivity contribution is 6.00. The average molecular weight is 208 g/mol. The van der Waals surface area contributed by atoms with E-state index in [1.807, 2.05) is 0 Å². The average Bonchev–Trinajstić information content (AvgIpc) is 2.25. The summed E-state index contributed by atoms with van der Waals surface area (Å²) in [5, 5.41) is 19.9. The summed E-state index contributed by atoms with van der Waals surface area (Å²) in [5.74, 6) is -0.288. The quantitative estimate of drug-likeness (QED) is 0.469. The first-order valence-electron chi connectivity index (χ1n) is 4.17. The summed E-state index contributed by atoms with van der Waals surface area (Å²) >= 11 is 0. The zero-order valence-corrected chi connectivity index (χ0v) is 8.07. The van der Waals surface area contributed by atoms with Gasteiger partial charge in [-0.2, -0.15) is 5.26 Å². The minimum Gasteiger partial charge on any atom is -0.478 e. The molecule has 4 nitrogen and oxygen atoms in total. The van der Waals surface area contributed by atoms with Crippen LogP contribution in [-0.2, 0) is 0 Å². The molecule has 0 aliphatic carbocycles. The van der Waals surface area contributed by atoms with Gasteiger partial charge in [-0.15, -0.1) is 0 Å². The minimum atomic E-state index is -0.475. The Morgan fingerprint density at radius 3 is 3.00 bits per heavy atom. The maximum Gasteiger partial charge on any atom is 0.174 e. The zero-order valence-electron chi connectivity index (χ0n) is 8.07. The van der Waals surface area contributed by atoms with Crippen molar-refractivity contribution < 1.29 is 14.3 Å². The van der Waals surface area contributed by atoms with Crippen LogP contribution in [0, 0.1) is 17.1 Å². The van der Waals surface area contributed by atoms with Crippen molar-refractivity contribution in [1.82, 2.24) is 0 Å². The number of oxime groups is 1. The number of rotatable bonds is 3. The molecule has 1 N–H and O–H groups in total. The molecule has 0 amide bonds. The van der Waals surface area contributed by atoms with Crippen molar-refractivity contribution in [3.05, 3.63) is 29.6 Å². The van der Waals surface area contributed by atoms with Crippen LogP contribution in [0.25, 0.3) is 0 Å². The Bertz CT molecular complexity index is 424. The van der Waals surface area contributed by atoms with Gasteiger partial charge in [0.25, 0.3) is 0 Å². The first-order valence-corrected chi connectivity index (χ1v) is 4.17. The number of benzene rings is 1. The highest BCUT2D eigenvalue weighted by atomic mass is 19.1. The van der Waals surface area contributed by atoms with E-state index in [0.717, 1.165) is 6.07 Å². The molecule has 0 saturated carbocycles. The molecule has 0 aromatic heterocycles. The molecule has 0 bridgehead atoms. The Labute approximate surface area is 86.2 Å². The fourth-order valence-corrected chi connectivity index (χ4v) is 1.08. The fraction of sp³-hybridized carbons (Fsp3) is 0.200. The molecule has 0 aliphatic rings. The molecule has 78 valence electrons. The number of ether oxygens (including phenoxy) is 1. The molecule has 0 unspecified atom stereocenters. The molecule has 0 saturated heterocycles. The largest absolute Gasteiger partial charge is 0.478 e. The second kappa shape index (κ2) is 4.96. The van der Waals surface area contributed by atoms with Crippen molar-refractivity contribution in [3.63, 3.8) is 0 Å². The van der Waals surface area contributed by atoms with E-state index in [1.165, 1.54) is 12.1 Å². The summed E-state index contributed by atoms with van der Waals surface area (Å²) in [6, 6.07) is 5.57. The van der Waals surface area contributed by atoms with Crippen molar-refractivity contribution >= 4 is 5.71 Å². The van der Waals surface area contributed by atoms with Gasteiger partial charge in [0.2, 0.25) is 0 Å². The zero-order chi connectivity index (χ0) is 11.3. The summed E-state index contributed by atoms with van der Waals surface area (Å²) in [4.78, 5) is 0. The number of nitrogens with zero attached hydrogens (tertiary/aromatic N) is 2. The van der Waals surface area contributed by atoms with Crippen molar-refractivity contribution in [1.29, 1.82) is 5.26 Å². The highest BCUT2D eigenvalue weighted by Gasteiger charge is 2.08. The second-order valence-electron chi connectivity index (χ2n) is 2.77. The van der Waals surface area contributed by atoms with Gasteiger partial charge in [-0.25, -0.2) is 4.39 Å². The third-order valence-corrected chi connectivity index (χ3v) is 1.78. The lowest BCUT2D eigenvalue weighted by molar-refractivity contribution is 0.318. The Morgan fingerprint density at radius 1 is 1.67 bits per heavy atom. The van der Waals surface area contributed by atoms with Crippen LogP contribution in [0.1, 0.15) is 12.5 Å². The van der Waals surface area contributed by atoms with Crippen LogP contribution in [0.2, 0.25) is 0 Å². The van der Waals surface area contributed by atoms with E-state index in [1.54, 1.807) is 13.0 Å². The van der Waals surface area contributed by atoms with Crippen LogP contribution in [-0.4, -0.2) is 17.5 Å². The predicted molar refractivity (Wildman–Crippen MR) is 51.5 cm³/mol. The van der Waals surface area contributed by atoms with Gasteiger partial charge in [0.1, 0.15) is 17.6 Å². The van der Waals surface area contributed by atoms with Crippen LogP contribution in [0.3, 0.4) is 0 Å². The number of halogens is 1. The molecule has 0 heterocycles. The topological polar surface area (TPSA) is 65.6 Å². The maximum atomic E-state index is 12.9. The van der Waals surface area contributed by atoms with Gasteiger partial charge in [-0.1, -0.05) is 5.16 Å². The first-order chi connectivity index (χ1) is 7.19. The van der Waals surface area contributed by atoms with Gasteiger partial charge < -0.3 is 9.94 Å². The maximum absolute atomic E-state index is 12.9. The predicted octanol–water partition coefficient (Wildman–Crippen LogP) is 1.93. The van der Waals surface area contributed by atoms with Gasteiger partial charge in [0, 0.05) is 11.6 Å². The lowest BCUT2D eigenvalue weighted by Gasteiger charge is -2.07. The summed E-state index contributed by atoms with van der Waals surface area (Å²) in [5.41, 5.74) is 0.747. The monoisotopic (exact) mass is 208 g/mol. The molecule has 15 heavy (non-hydrogen) atoms. The van der Waals surface area contributed by atoms with Crippen molar-refractivity contribution in [2.45, 2.75) is 6.92 Å². The molecule has 0 fully saturated rings. The Balaban J connectivity index is 3.09. The molecule has 1 aromatic rings. The third-order valence-electron chi connectivity index (χ3n) is 1.78. The van der Waals surface area contributed by atoms with Crippen LogP contribution in [0.15, 0.2) is 23.4 Å². The van der Waals surface area contributed by atoms with Crippen LogP contribution >= 0.6 is 0 Å². The van der Waals surface area contributed by atoms with E-state index < -0.39 is 5.82 Å². The molecule has 0 spiro atoms.